The summed E-state index contributed by atoms with van der Waals surface area (Å²) in [6.45, 7) is 7.28. The van der Waals surface area contributed by atoms with Crippen LogP contribution in [0.15, 0.2) is 49.6 Å². The summed E-state index contributed by atoms with van der Waals surface area (Å²) in [5.74, 6) is -1.14. The van der Waals surface area contributed by atoms with Crippen molar-refractivity contribution in [3.05, 3.63) is 55.1 Å². The second-order valence-electron chi connectivity index (χ2n) is 4.50. The van der Waals surface area contributed by atoms with E-state index in [-0.39, 0.29) is 18.2 Å². The van der Waals surface area contributed by atoms with Gasteiger partial charge in [0.2, 0.25) is 5.91 Å². The number of nitrogens with one attached hydrogen (secondary N) is 1. The summed E-state index contributed by atoms with van der Waals surface area (Å²) in [4.78, 5) is 22.6. The lowest BCUT2D eigenvalue weighted by Gasteiger charge is -2.13. The Labute approximate surface area is 118 Å². The molecule has 106 valence electrons. The first kappa shape index (κ1) is 15.7. The Balaban J connectivity index is 2.66. The Morgan fingerprint density at radius 1 is 1.15 bits per heavy atom. The second kappa shape index (κ2) is 7.94. The molecule has 20 heavy (non-hydrogen) atoms. The predicted molar refractivity (Wildman–Crippen MR) is 79.5 cm³/mol. The third-order valence-corrected chi connectivity index (χ3v) is 2.85. The summed E-state index contributed by atoms with van der Waals surface area (Å²) in [5.41, 5.74) is 1.35. The fraction of sp³-hybridized carbons (Fsp3) is 0.250. The van der Waals surface area contributed by atoms with Crippen molar-refractivity contribution in [1.82, 2.24) is 0 Å². The van der Waals surface area contributed by atoms with Crippen LogP contribution >= 0.6 is 0 Å². The first-order valence-electron chi connectivity index (χ1n) is 6.40. The fourth-order valence-corrected chi connectivity index (χ4v) is 1.84. The van der Waals surface area contributed by atoms with Crippen LogP contribution in [0.1, 0.15) is 18.4 Å². The Morgan fingerprint density at radius 3 is 2.15 bits per heavy atom. The molecule has 1 aromatic carbocycles. The van der Waals surface area contributed by atoms with Crippen LogP contribution < -0.4 is 5.32 Å². The molecule has 0 saturated carbocycles. The largest absolute Gasteiger partial charge is 0.481 e. The molecule has 0 aliphatic rings. The van der Waals surface area contributed by atoms with Gasteiger partial charge in [0.25, 0.3) is 0 Å². The number of aliphatic carboxylic acids is 1. The number of carboxylic acid groups (broad SMARTS) is 1. The maximum Gasteiger partial charge on any atom is 0.307 e. The Bertz CT molecular complexity index is 481. The van der Waals surface area contributed by atoms with Crippen LogP contribution in [0, 0.1) is 5.92 Å². The number of rotatable bonds is 8. The van der Waals surface area contributed by atoms with Gasteiger partial charge in [0, 0.05) is 11.6 Å². The van der Waals surface area contributed by atoms with Crippen molar-refractivity contribution in [2.75, 3.05) is 5.32 Å². The van der Waals surface area contributed by atoms with Crippen molar-refractivity contribution in [3.8, 4) is 0 Å². The second-order valence-corrected chi connectivity index (χ2v) is 4.50. The number of hydrogen-bond acceptors (Lipinski definition) is 2. The first-order valence-corrected chi connectivity index (χ1v) is 6.40. The van der Waals surface area contributed by atoms with Gasteiger partial charge >= 0.3 is 5.97 Å². The lowest BCUT2D eigenvalue weighted by molar-refractivity contribution is -0.136. The summed E-state index contributed by atoms with van der Waals surface area (Å²) in [6, 6.07) is 6.80. The maximum absolute atomic E-state index is 12.1. The molecule has 0 atom stereocenters. The highest BCUT2D eigenvalue weighted by atomic mass is 16.4. The van der Waals surface area contributed by atoms with Crippen LogP contribution in [0.3, 0.4) is 0 Å². The number of carbonyl (C=O) groups is 2. The van der Waals surface area contributed by atoms with Crippen molar-refractivity contribution in [2.45, 2.75) is 19.3 Å². The molecule has 0 saturated heterocycles. The topological polar surface area (TPSA) is 66.4 Å². The lowest BCUT2D eigenvalue weighted by Crippen LogP contribution is -2.22. The third kappa shape index (κ3) is 5.10. The fourth-order valence-electron chi connectivity index (χ4n) is 1.84. The Morgan fingerprint density at radius 2 is 1.70 bits per heavy atom. The van der Waals surface area contributed by atoms with Gasteiger partial charge < -0.3 is 10.4 Å². The van der Waals surface area contributed by atoms with E-state index in [1.165, 1.54) is 0 Å². The quantitative estimate of drug-likeness (QED) is 0.715. The molecule has 0 aliphatic carbocycles. The van der Waals surface area contributed by atoms with Crippen molar-refractivity contribution >= 4 is 17.6 Å². The monoisotopic (exact) mass is 273 g/mol. The van der Waals surface area contributed by atoms with Crippen LogP contribution in [0.2, 0.25) is 0 Å². The average molecular weight is 273 g/mol. The summed E-state index contributed by atoms with van der Waals surface area (Å²) in [5, 5.41) is 11.5. The van der Waals surface area contributed by atoms with Crippen LogP contribution in [0.4, 0.5) is 5.69 Å². The van der Waals surface area contributed by atoms with E-state index in [9.17, 15) is 9.59 Å². The summed E-state index contributed by atoms with van der Waals surface area (Å²) in [6.07, 6.45) is 4.58. The van der Waals surface area contributed by atoms with E-state index < -0.39 is 5.97 Å². The van der Waals surface area contributed by atoms with Crippen molar-refractivity contribution in [3.63, 3.8) is 0 Å². The van der Waals surface area contributed by atoms with E-state index in [0.29, 0.717) is 24.1 Å². The number of amides is 1. The van der Waals surface area contributed by atoms with E-state index in [2.05, 4.69) is 18.5 Å². The zero-order valence-electron chi connectivity index (χ0n) is 11.3. The van der Waals surface area contributed by atoms with E-state index in [1.54, 1.807) is 36.4 Å². The molecule has 0 radical (unpaired) electrons. The first-order chi connectivity index (χ1) is 9.56. The highest BCUT2D eigenvalue weighted by Gasteiger charge is 2.15. The van der Waals surface area contributed by atoms with Gasteiger partial charge in [-0.15, -0.1) is 13.2 Å². The molecule has 0 aliphatic heterocycles. The lowest BCUT2D eigenvalue weighted by atomic mass is 10.0. The maximum atomic E-state index is 12.1. The smallest absolute Gasteiger partial charge is 0.307 e. The Kier molecular flexibility index (Phi) is 6.23. The zero-order chi connectivity index (χ0) is 15.0. The average Bonchev–Trinajstić information content (AvgIpc) is 2.40. The van der Waals surface area contributed by atoms with Gasteiger partial charge in [-0.25, -0.2) is 0 Å². The molecule has 1 aromatic rings. The standard InChI is InChI=1S/C16H19NO3/c1-3-5-13(6-4-2)16(20)17-14-9-7-12(8-10-14)11-15(18)19/h3-4,7-10,13H,1-2,5-6,11H2,(H,17,20)(H,18,19). The van der Waals surface area contributed by atoms with E-state index in [1.807, 2.05) is 0 Å². The third-order valence-electron chi connectivity index (χ3n) is 2.85. The summed E-state index contributed by atoms with van der Waals surface area (Å²) < 4.78 is 0. The number of allylic oxidation sites excluding steroid dienone is 2. The normalized spacial score (nSPS) is 10.1. The Hall–Kier alpha value is -2.36. The molecule has 4 heteroatoms. The summed E-state index contributed by atoms with van der Waals surface area (Å²) in [7, 11) is 0. The van der Waals surface area contributed by atoms with Crippen LogP contribution in [0.25, 0.3) is 0 Å². The number of carboxylic acids is 1. The molecule has 1 rings (SSSR count). The minimum atomic E-state index is -0.876. The van der Waals surface area contributed by atoms with E-state index in [4.69, 9.17) is 5.11 Å². The van der Waals surface area contributed by atoms with Gasteiger partial charge in [-0.2, -0.15) is 0 Å². The summed E-state index contributed by atoms with van der Waals surface area (Å²) >= 11 is 0. The molecule has 0 unspecified atom stereocenters. The molecule has 2 N–H and O–H groups in total. The molecular formula is C16H19NO3. The van der Waals surface area contributed by atoms with Crippen LogP contribution in [-0.4, -0.2) is 17.0 Å². The number of carbonyl (C=O) groups excluding carboxylic acids is 1. The van der Waals surface area contributed by atoms with E-state index in [0.717, 1.165) is 0 Å². The SMILES string of the molecule is C=CCC(CC=C)C(=O)Nc1ccc(CC(=O)O)cc1. The van der Waals surface area contributed by atoms with Gasteiger partial charge in [-0.1, -0.05) is 24.3 Å². The van der Waals surface area contributed by atoms with Gasteiger partial charge in [0.15, 0.2) is 0 Å². The van der Waals surface area contributed by atoms with Crippen molar-refractivity contribution in [2.24, 2.45) is 5.92 Å². The van der Waals surface area contributed by atoms with E-state index >= 15 is 0 Å². The van der Waals surface area contributed by atoms with Crippen molar-refractivity contribution in [1.29, 1.82) is 0 Å². The minimum Gasteiger partial charge on any atom is -0.481 e. The molecule has 4 nitrogen and oxygen atoms in total. The van der Waals surface area contributed by atoms with Crippen LogP contribution in [0.5, 0.6) is 0 Å². The van der Waals surface area contributed by atoms with Crippen molar-refractivity contribution < 1.29 is 14.7 Å². The molecule has 0 aromatic heterocycles. The number of benzene rings is 1. The van der Waals surface area contributed by atoms with Gasteiger partial charge in [-0.3, -0.25) is 9.59 Å². The molecule has 0 bridgehead atoms. The van der Waals surface area contributed by atoms with Crippen LogP contribution in [-0.2, 0) is 16.0 Å². The molecular weight excluding hydrogens is 254 g/mol. The minimum absolute atomic E-state index is 0.0240. The predicted octanol–water partition coefficient (Wildman–Crippen LogP) is 3.02. The van der Waals surface area contributed by atoms with Gasteiger partial charge in [0.1, 0.15) is 0 Å². The molecule has 0 spiro atoms. The highest BCUT2D eigenvalue weighted by molar-refractivity contribution is 5.92. The molecule has 1 amide bonds. The molecule has 0 fully saturated rings. The molecule has 0 heterocycles. The number of hydrogen-bond donors (Lipinski definition) is 2. The van der Waals surface area contributed by atoms with Gasteiger partial charge in [-0.05, 0) is 30.5 Å². The number of anilines is 1. The van der Waals surface area contributed by atoms with Gasteiger partial charge in [0.05, 0.1) is 6.42 Å². The zero-order valence-corrected chi connectivity index (χ0v) is 11.3. The highest BCUT2D eigenvalue weighted by Crippen LogP contribution is 2.15.